The summed E-state index contributed by atoms with van der Waals surface area (Å²) in [6.07, 6.45) is 4.95. The van der Waals surface area contributed by atoms with Gasteiger partial charge >= 0.3 is 0 Å². The number of nitrogens with zero attached hydrogens (tertiary/aromatic N) is 5. The van der Waals surface area contributed by atoms with Crippen LogP contribution in [0.15, 0.2) is 47.3 Å². The predicted molar refractivity (Wildman–Crippen MR) is 87.4 cm³/mol. The number of benzene rings is 1. The van der Waals surface area contributed by atoms with Gasteiger partial charge in [-0.05, 0) is 53.6 Å². The number of tetrazole rings is 1. The Morgan fingerprint density at radius 2 is 2.28 bits per heavy atom. The molecule has 1 amide bonds. The molecule has 0 bridgehead atoms. The summed E-state index contributed by atoms with van der Waals surface area (Å²) < 4.78 is 12.3. The fraction of sp³-hybridized carbons (Fsp3) is 0.294. The van der Waals surface area contributed by atoms with Gasteiger partial charge in [0, 0.05) is 12.1 Å². The van der Waals surface area contributed by atoms with E-state index in [0.29, 0.717) is 23.5 Å². The van der Waals surface area contributed by atoms with Crippen molar-refractivity contribution < 1.29 is 13.9 Å². The molecule has 25 heavy (non-hydrogen) atoms. The summed E-state index contributed by atoms with van der Waals surface area (Å²) in [5.74, 6) is 1.36. The number of likely N-dealkylation sites (tertiary alicyclic amines) is 1. The normalized spacial score (nSPS) is 17.0. The molecule has 1 aliphatic rings. The third kappa shape index (κ3) is 2.75. The number of carbonyl (C=O) groups excluding carboxylic acids is 1. The van der Waals surface area contributed by atoms with E-state index >= 15 is 0 Å². The first kappa shape index (κ1) is 15.4. The molecule has 1 fully saturated rings. The van der Waals surface area contributed by atoms with E-state index in [1.165, 1.54) is 11.0 Å². The zero-order valence-electron chi connectivity index (χ0n) is 13.7. The molecule has 0 spiro atoms. The van der Waals surface area contributed by atoms with Gasteiger partial charge in [-0.3, -0.25) is 4.79 Å². The van der Waals surface area contributed by atoms with Gasteiger partial charge in [0.05, 0.1) is 19.4 Å². The number of amides is 1. The van der Waals surface area contributed by atoms with E-state index in [9.17, 15) is 4.79 Å². The predicted octanol–water partition coefficient (Wildman–Crippen LogP) is 2.24. The monoisotopic (exact) mass is 339 g/mol. The highest BCUT2D eigenvalue weighted by atomic mass is 16.5. The second kappa shape index (κ2) is 6.39. The number of ether oxygens (including phenoxy) is 1. The van der Waals surface area contributed by atoms with Gasteiger partial charge in [-0.1, -0.05) is 0 Å². The van der Waals surface area contributed by atoms with Crippen molar-refractivity contribution in [2.24, 2.45) is 0 Å². The zero-order valence-corrected chi connectivity index (χ0v) is 13.7. The van der Waals surface area contributed by atoms with Crippen LogP contribution in [0, 0.1) is 0 Å². The van der Waals surface area contributed by atoms with Crippen molar-refractivity contribution in [3.8, 4) is 11.4 Å². The van der Waals surface area contributed by atoms with Crippen LogP contribution in [0.5, 0.6) is 5.75 Å². The second-order valence-corrected chi connectivity index (χ2v) is 5.81. The Hall–Kier alpha value is -3.16. The van der Waals surface area contributed by atoms with Crippen LogP contribution in [0.3, 0.4) is 0 Å². The first-order chi connectivity index (χ1) is 12.3. The topological polar surface area (TPSA) is 86.3 Å². The highest BCUT2D eigenvalue weighted by Crippen LogP contribution is 2.34. The summed E-state index contributed by atoms with van der Waals surface area (Å²) in [6.45, 7) is 0.705. The molecule has 1 saturated heterocycles. The lowest BCUT2D eigenvalue weighted by molar-refractivity contribution is 0.0720. The molecule has 1 aliphatic heterocycles. The maximum Gasteiger partial charge on any atom is 0.254 e. The Kier molecular flexibility index (Phi) is 3.93. The molecule has 0 radical (unpaired) electrons. The minimum absolute atomic E-state index is 0.0268. The van der Waals surface area contributed by atoms with E-state index < -0.39 is 0 Å². The highest BCUT2D eigenvalue weighted by molar-refractivity contribution is 5.95. The third-order valence-electron chi connectivity index (χ3n) is 4.41. The number of rotatable bonds is 4. The van der Waals surface area contributed by atoms with E-state index in [1.807, 2.05) is 17.0 Å². The first-order valence-corrected chi connectivity index (χ1v) is 8.03. The van der Waals surface area contributed by atoms with E-state index in [2.05, 4.69) is 15.5 Å². The molecule has 0 N–H and O–H groups in total. The van der Waals surface area contributed by atoms with Crippen molar-refractivity contribution in [3.05, 3.63) is 54.2 Å². The molecule has 0 unspecified atom stereocenters. The molecule has 3 heterocycles. The Bertz CT molecular complexity index is 861. The van der Waals surface area contributed by atoms with Gasteiger partial charge in [-0.2, -0.15) is 4.68 Å². The van der Waals surface area contributed by atoms with Crippen LogP contribution in [0.2, 0.25) is 0 Å². The molecule has 1 atom stereocenters. The van der Waals surface area contributed by atoms with E-state index in [-0.39, 0.29) is 11.9 Å². The van der Waals surface area contributed by atoms with Crippen molar-refractivity contribution in [1.29, 1.82) is 0 Å². The maximum atomic E-state index is 13.1. The van der Waals surface area contributed by atoms with Gasteiger partial charge in [0.25, 0.3) is 5.91 Å². The van der Waals surface area contributed by atoms with Crippen LogP contribution < -0.4 is 4.74 Å². The minimum Gasteiger partial charge on any atom is -0.494 e. The molecule has 8 nitrogen and oxygen atoms in total. The average molecular weight is 339 g/mol. The van der Waals surface area contributed by atoms with Gasteiger partial charge in [0.1, 0.15) is 23.5 Å². The van der Waals surface area contributed by atoms with Crippen LogP contribution in [0.1, 0.15) is 35.0 Å². The molecular formula is C17H17N5O3. The average Bonchev–Trinajstić information content (AvgIpc) is 3.42. The van der Waals surface area contributed by atoms with Crippen molar-refractivity contribution in [2.75, 3.05) is 13.7 Å². The SMILES string of the molecule is COc1ccc(C(=O)N2CCC[C@H]2c2ccco2)cc1-n1cnnn1. The van der Waals surface area contributed by atoms with Crippen LogP contribution in [-0.4, -0.2) is 44.7 Å². The number of aromatic nitrogens is 4. The quantitative estimate of drug-likeness (QED) is 0.724. The van der Waals surface area contributed by atoms with Crippen molar-refractivity contribution >= 4 is 5.91 Å². The molecule has 128 valence electrons. The minimum atomic E-state index is -0.0455. The van der Waals surface area contributed by atoms with Gasteiger partial charge in [0.15, 0.2) is 0 Å². The molecule has 8 heteroatoms. The summed E-state index contributed by atoms with van der Waals surface area (Å²) in [7, 11) is 1.57. The smallest absolute Gasteiger partial charge is 0.254 e. The van der Waals surface area contributed by atoms with Crippen molar-refractivity contribution in [1.82, 2.24) is 25.1 Å². The fourth-order valence-electron chi connectivity index (χ4n) is 3.23. The molecular weight excluding hydrogens is 322 g/mol. The van der Waals surface area contributed by atoms with Crippen molar-refractivity contribution in [2.45, 2.75) is 18.9 Å². The second-order valence-electron chi connectivity index (χ2n) is 5.81. The largest absolute Gasteiger partial charge is 0.494 e. The van der Waals surface area contributed by atoms with Crippen molar-refractivity contribution in [3.63, 3.8) is 0 Å². The summed E-state index contributed by atoms with van der Waals surface area (Å²) >= 11 is 0. The number of hydrogen-bond donors (Lipinski definition) is 0. The molecule has 2 aromatic heterocycles. The van der Waals surface area contributed by atoms with Crippen LogP contribution in [0.25, 0.3) is 5.69 Å². The molecule has 0 aliphatic carbocycles. The Labute approximate surface area is 144 Å². The lowest BCUT2D eigenvalue weighted by Gasteiger charge is -2.23. The summed E-state index contributed by atoms with van der Waals surface area (Å²) in [5.41, 5.74) is 1.18. The van der Waals surface area contributed by atoms with E-state index in [0.717, 1.165) is 18.6 Å². The summed E-state index contributed by atoms with van der Waals surface area (Å²) in [6, 6.07) is 8.99. The van der Waals surface area contributed by atoms with E-state index in [4.69, 9.17) is 9.15 Å². The standard InChI is InChI=1S/C17H17N5O3/c1-24-15-7-6-12(10-14(15)22-11-18-19-20-22)17(23)21-8-2-4-13(21)16-5-3-9-25-16/h3,5-7,9-11,13H,2,4,8H2,1H3/t13-/m0/s1. The number of carbonyl (C=O) groups is 1. The van der Waals surface area contributed by atoms with Crippen LogP contribution >= 0.6 is 0 Å². The number of hydrogen-bond acceptors (Lipinski definition) is 6. The van der Waals surface area contributed by atoms with Gasteiger partial charge in [-0.25, -0.2) is 0 Å². The van der Waals surface area contributed by atoms with Crippen LogP contribution in [-0.2, 0) is 0 Å². The van der Waals surface area contributed by atoms with Gasteiger partial charge in [-0.15, -0.1) is 5.10 Å². The molecule has 1 aromatic carbocycles. The Balaban J connectivity index is 1.67. The van der Waals surface area contributed by atoms with E-state index in [1.54, 1.807) is 31.6 Å². The van der Waals surface area contributed by atoms with Gasteiger partial charge in [0.2, 0.25) is 0 Å². The maximum absolute atomic E-state index is 13.1. The highest BCUT2D eigenvalue weighted by Gasteiger charge is 2.32. The summed E-state index contributed by atoms with van der Waals surface area (Å²) in [4.78, 5) is 14.9. The molecule has 0 saturated carbocycles. The molecule has 4 rings (SSSR count). The lowest BCUT2D eigenvalue weighted by Crippen LogP contribution is -2.30. The zero-order chi connectivity index (χ0) is 17.2. The Morgan fingerprint density at radius 1 is 1.36 bits per heavy atom. The fourth-order valence-corrected chi connectivity index (χ4v) is 3.23. The van der Waals surface area contributed by atoms with Gasteiger partial charge < -0.3 is 14.1 Å². The molecule has 3 aromatic rings. The third-order valence-corrected chi connectivity index (χ3v) is 4.41. The Morgan fingerprint density at radius 3 is 3.00 bits per heavy atom. The van der Waals surface area contributed by atoms with Crippen LogP contribution in [0.4, 0.5) is 0 Å². The number of methoxy groups -OCH3 is 1. The number of furan rings is 1. The lowest BCUT2D eigenvalue weighted by atomic mass is 10.1. The summed E-state index contributed by atoms with van der Waals surface area (Å²) in [5, 5.41) is 11.2. The first-order valence-electron chi connectivity index (χ1n) is 8.03.